The molecule has 3 heterocycles. The van der Waals surface area contributed by atoms with Gasteiger partial charge in [-0.15, -0.1) is 0 Å². The van der Waals surface area contributed by atoms with Crippen molar-refractivity contribution in [2.45, 2.75) is 80.3 Å². The molecule has 4 aliphatic rings. The van der Waals surface area contributed by atoms with E-state index < -0.39 is 15.4 Å². The minimum Gasteiger partial charge on any atom is -0.323 e. The lowest BCUT2D eigenvalue weighted by atomic mass is 9.75. The van der Waals surface area contributed by atoms with Crippen LogP contribution in [0.15, 0.2) is 59.5 Å². The fourth-order valence-corrected chi connectivity index (χ4v) is 8.58. The van der Waals surface area contributed by atoms with Gasteiger partial charge in [0.05, 0.1) is 11.4 Å². The maximum absolute atomic E-state index is 13.7. The van der Waals surface area contributed by atoms with Crippen LogP contribution in [-0.2, 0) is 21.2 Å². The number of sulfone groups is 1. The van der Waals surface area contributed by atoms with E-state index in [1.807, 2.05) is 0 Å². The SMILES string of the molecule is CS(=O)(=O)c1ccc(CN2C(=O)NC3(CCN(C(CC4CCCCC4)[C@@H]4CNC[C@@H]4c4ccccc4)CC3)C2=O)cc1. The molecule has 4 fully saturated rings. The maximum atomic E-state index is 13.7. The van der Waals surface area contributed by atoms with Crippen molar-refractivity contribution in [1.82, 2.24) is 20.4 Å². The Balaban J connectivity index is 1.16. The molecule has 0 bridgehead atoms. The lowest BCUT2D eigenvalue weighted by Gasteiger charge is -2.45. The summed E-state index contributed by atoms with van der Waals surface area (Å²) in [6, 6.07) is 17.4. The first-order valence-electron chi connectivity index (χ1n) is 15.7. The Morgan fingerprint density at radius 2 is 1.62 bits per heavy atom. The number of hydrogen-bond acceptors (Lipinski definition) is 6. The van der Waals surface area contributed by atoms with E-state index in [1.165, 1.54) is 67.4 Å². The highest BCUT2D eigenvalue weighted by molar-refractivity contribution is 7.90. The smallest absolute Gasteiger partial charge is 0.323 e. The minimum atomic E-state index is -3.31. The lowest BCUT2D eigenvalue weighted by molar-refractivity contribution is -0.133. The first-order valence-corrected chi connectivity index (χ1v) is 17.6. The fourth-order valence-electron chi connectivity index (χ4n) is 7.95. The Bertz CT molecular complexity index is 1370. The molecule has 1 aliphatic carbocycles. The standard InChI is InChI=1S/C33H44N4O4S/c1-42(40,41)27-14-12-25(13-15-27)23-37-31(38)33(35-32(37)39)16-18-36(19-17-33)30(20-24-8-4-2-5-9-24)29-22-34-21-28(29)26-10-6-3-7-11-26/h3,6-7,10-15,24,28-30,34H,2,4-5,8-9,16-23H2,1H3,(H,35,39)/t28-,29-,30?/m1/s1. The van der Waals surface area contributed by atoms with Gasteiger partial charge in [0.2, 0.25) is 0 Å². The summed E-state index contributed by atoms with van der Waals surface area (Å²) in [6.45, 7) is 3.73. The van der Waals surface area contributed by atoms with E-state index in [9.17, 15) is 18.0 Å². The van der Waals surface area contributed by atoms with Crippen LogP contribution < -0.4 is 10.6 Å². The number of carbonyl (C=O) groups excluding carboxylic acids is 2. The number of rotatable bonds is 8. The van der Waals surface area contributed by atoms with E-state index in [-0.39, 0.29) is 23.4 Å². The topological polar surface area (TPSA) is 98.8 Å². The van der Waals surface area contributed by atoms with Gasteiger partial charge >= 0.3 is 6.03 Å². The molecule has 3 aliphatic heterocycles. The first kappa shape index (κ1) is 29.3. The Kier molecular flexibility index (Phi) is 8.44. The number of nitrogens with one attached hydrogen (secondary N) is 2. The van der Waals surface area contributed by atoms with Gasteiger partial charge in [-0.05, 0) is 54.4 Å². The van der Waals surface area contributed by atoms with Crippen LogP contribution in [0.4, 0.5) is 4.79 Å². The molecule has 3 saturated heterocycles. The lowest BCUT2D eigenvalue weighted by Crippen LogP contribution is -2.58. The highest BCUT2D eigenvalue weighted by atomic mass is 32.2. The van der Waals surface area contributed by atoms with Gasteiger partial charge in [-0.2, -0.15) is 0 Å². The number of carbonyl (C=O) groups is 2. The summed E-state index contributed by atoms with van der Waals surface area (Å²) in [5.41, 5.74) is 1.28. The molecular formula is C33H44N4O4S. The third-order valence-electron chi connectivity index (χ3n) is 10.3. The summed E-state index contributed by atoms with van der Waals surface area (Å²) >= 11 is 0. The highest BCUT2D eigenvalue weighted by Gasteiger charge is 2.53. The van der Waals surface area contributed by atoms with Crippen molar-refractivity contribution >= 4 is 21.8 Å². The number of likely N-dealkylation sites (tertiary alicyclic amines) is 1. The molecule has 42 heavy (non-hydrogen) atoms. The number of imide groups is 1. The summed E-state index contributed by atoms with van der Waals surface area (Å²) in [7, 11) is -3.31. The summed E-state index contributed by atoms with van der Waals surface area (Å²) in [6.07, 6.45) is 10.2. The Hall–Kier alpha value is -2.75. The average molecular weight is 593 g/mol. The van der Waals surface area contributed by atoms with Crippen molar-refractivity contribution in [3.63, 3.8) is 0 Å². The summed E-state index contributed by atoms with van der Waals surface area (Å²) in [5.74, 6) is 1.60. The largest absolute Gasteiger partial charge is 0.325 e. The van der Waals surface area contributed by atoms with E-state index in [1.54, 1.807) is 12.1 Å². The van der Waals surface area contributed by atoms with E-state index in [2.05, 4.69) is 45.9 Å². The molecule has 2 N–H and O–H groups in total. The Morgan fingerprint density at radius 1 is 0.929 bits per heavy atom. The van der Waals surface area contributed by atoms with Gasteiger partial charge in [-0.1, -0.05) is 74.6 Å². The van der Waals surface area contributed by atoms with Gasteiger partial charge in [0.15, 0.2) is 9.84 Å². The zero-order chi connectivity index (χ0) is 29.3. The number of benzene rings is 2. The van der Waals surface area contributed by atoms with E-state index in [4.69, 9.17) is 0 Å². The third-order valence-corrected chi connectivity index (χ3v) is 11.5. The second-order valence-corrected chi connectivity index (χ2v) is 15.0. The van der Waals surface area contributed by atoms with Crippen molar-refractivity contribution in [3.05, 3.63) is 65.7 Å². The van der Waals surface area contributed by atoms with Crippen molar-refractivity contribution < 1.29 is 18.0 Å². The molecule has 3 atom stereocenters. The zero-order valence-corrected chi connectivity index (χ0v) is 25.5. The third kappa shape index (κ3) is 6.01. The molecule has 0 aromatic heterocycles. The number of piperidine rings is 1. The summed E-state index contributed by atoms with van der Waals surface area (Å²) in [5, 5.41) is 6.77. The number of nitrogens with zero attached hydrogens (tertiary/aromatic N) is 2. The molecule has 2 aromatic carbocycles. The molecule has 9 heteroatoms. The van der Waals surface area contributed by atoms with Crippen LogP contribution >= 0.6 is 0 Å². The van der Waals surface area contributed by atoms with Gasteiger partial charge < -0.3 is 10.6 Å². The van der Waals surface area contributed by atoms with Crippen LogP contribution in [0.25, 0.3) is 0 Å². The zero-order valence-electron chi connectivity index (χ0n) is 24.6. The molecule has 226 valence electrons. The van der Waals surface area contributed by atoms with Crippen LogP contribution in [0, 0.1) is 11.8 Å². The molecular weight excluding hydrogens is 548 g/mol. The predicted molar refractivity (Wildman–Crippen MR) is 163 cm³/mol. The molecule has 2 aromatic rings. The molecule has 8 nitrogen and oxygen atoms in total. The minimum absolute atomic E-state index is 0.136. The number of hydrogen-bond donors (Lipinski definition) is 2. The van der Waals surface area contributed by atoms with Crippen LogP contribution in [-0.4, -0.2) is 74.2 Å². The fraction of sp³-hybridized carbons (Fsp3) is 0.576. The highest BCUT2D eigenvalue weighted by Crippen LogP contribution is 2.40. The van der Waals surface area contributed by atoms with Crippen LogP contribution in [0.1, 0.15) is 68.4 Å². The number of amides is 3. The summed E-state index contributed by atoms with van der Waals surface area (Å²) in [4.78, 5) is 30.9. The molecule has 3 amide bonds. The second kappa shape index (κ2) is 12.1. The molecule has 1 spiro atoms. The van der Waals surface area contributed by atoms with E-state index in [0.29, 0.717) is 30.7 Å². The normalized spacial score (nSPS) is 26.1. The predicted octanol–water partition coefficient (Wildman–Crippen LogP) is 4.32. The van der Waals surface area contributed by atoms with Crippen LogP contribution in [0.3, 0.4) is 0 Å². The average Bonchev–Trinajstić information content (AvgIpc) is 3.57. The molecule has 1 unspecified atom stereocenters. The molecule has 1 saturated carbocycles. The number of urea groups is 1. The first-order chi connectivity index (χ1) is 20.2. The quantitative estimate of drug-likeness (QED) is 0.443. The van der Waals surface area contributed by atoms with Crippen molar-refractivity contribution in [2.75, 3.05) is 32.4 Å². The Labute approximate surface area is 250 Å². The van der Waals surface area contributed by atoms with Crippen LogP contribution in [0.5, 0.6) is 0 Å². The van der Waals surface area contributed by atoms with Crippen molar-refractivity contribution in [2.24, 2.45) is 11.8 Å². The van der Waals surface area contributed by atoms with Gasteiger partial charge in [-0.25, -0.2) is 13.2 Å². The monoisotopic (exact) mass is 592 g/mol. The molecule has 0 radical (unpaired) electrons. The molecule has 6 rings (SSSR count). The Morgan fingerprint density at radius 3 is 2.29 bits per heavy atom. The van der Waals surface area contributed by atoms with Gasteiger partial charge in [0.25, 0.3) is 5.91 Å². The van der Waals surface area contributed by atoms with Gasteiger partial charge in [0.1, 0.15) is 5.54 Å². The van der Waals surface area contributed by atoms with E-state index in [0.717, 1.165) is 37.7 Å². The van der Waals surface area contributed by atoms with Gasteiger partial charge in [0, 0.05) is 44.4 Å². The maximum Gasteiger partial charge on any atom is 0.325 e. The van der Waals surface area contributed by atoms with Crippen LogP contribution in [0.2, 0.25) is 0 Å². The van der Waals surface area contributed by atoms with Crippen molar-refractivity contribution in [3.8, 4) is 0 Å². The van der Waals surface area contributed by atoms with E-state index >= 15 is 0 Å². The van der Waals surface area contributed by atoms with Gasteiger partial charge in [-0.3, -0.25) is 14.6 Å². The summed E-state index contributed by atoms with van der Waals surface area (Å²) < 4.78 is 23.6. The van der Waals surface area contributed by atoms with Crippen molar-refractivity contribution in [1.29, 1.82) is 0 Å². The second-order valence-electron chi connectivity index (χ2n) is 13.0.